The Bertz CT molecular complexity index is 1030. The summed E-state index contributed by atoms with van der Waals surface area (Å²) in [6, 6.07) is 44.1. The SMILES string of the molecule is CC(C)(CCC(c1ccccc1)c1ccccc1)CCC(C)(c1ccccc1)c1ccccc1. The first-order valence-electron chi connectivity index (χ1n) is 12.7. The van der Waals surface area contributed by atoms with Gasteiger partial charge in [0.15, 0.2) is 0 Å². The van der Waals surface area contributed by atoms with Gasteiger partial charge in [0.1, 0.15) is 0 Å². The molecule has 0 aliphatic carbocycles. The van der Waals surface area contributed by atoms with Gasteiger partial charge in [0.2, 0.25) is 0 Å². The highest BCUT2D eigenvalue weighted by molar-refractivity contribution is 5.38. The predicted octanol–water partition coefficient (Wildman–Crippen LogP) is 9.41. The summed E-state index contributed by atoms with van der Waals surface area (Å²) >= 11 is 0. The minimum Gasteiger partial charge on any atom is -0.0622 e. The number of hydrogen-bond donors (Lipinski definition) is 0. The van der Waals surface area contributed by atoms with Gasteiger partial charge >= 0.3 is 0 Å². The van der Waals surface area contributed by atoms with Crippen molar-refractivity contribution in [3.8, 4) is 0 Å². The Labute approximate surface area is 206 Å². The summed E-state index contributed by atoms with van der Waals surface area (Å²) in [5.74, 6) is 0.441. The van der Waals surface area contributed by atoms with Gasteiger partial charge in [-0.1, -0.05) is 142 Å². The molecule has 0 heterocycles. The quantitative estimate of drug-likeness (QED) is 0.227. The van der Waals surface area contributed by atoms with E-state index in [0.29, 0.717) is 5.92 Å². The van der Waals surface area contributed by atoms with Crippen molar-refractivity contribution in [3.63, 3.8) is 0 Å². The van der Waals surface area contributed by atoms with Gasteiger partial charge in [-0.2, -0.15) is 0 Å². The summed E-state index contributed by atoms with van der Waals surface area (Å²) < 4.78 is 0. The van der Waals surface area contributed by atoms with Gasteiger partial charge in [0.25, 0.3) is 0 Å². The second-order valence-electron chi connectivity index (χ2n) is 10.6. The van der Waals surface area contributed by atoms with Gasteiger partial charge in [0.05, 0.1) is 0 Å². The standard InChI is InChI=1S/C34H38/c1-33(2,25-24-32(28-16-8-4-9-17-28)29-18-10-5-11-19-29)26-27-34(3,30-20-12-6-13-21-30)31-22-14-7-15-23-31/h4-23,32H,24-27H2,1-3H3. The van der Waals surface area contributed by atoms with Crippen molar-refractivity contribution in [1.82, 2.24) is 0 Å². The first kappa shape index (κ1) is 24.0. The van der Waals surface area contributed by atoms with E-state index in [1.54, 1.807) is 0 Å². The lowest BCUT2D eigenvalue weighted by molar-refractivity contribution is 0.263. The van der Waals surface area contributed by atoms with Crippen molar-refractivity contribution in [2.24, 2.45) is 5.41 Å². The zero-order valence-corrected chi connectivity index (χ0v) is 21.0. The Morgan fingerprint density at radius 3 is 1.26 bits per heavy atom. The van der Waals surface area contributed by atoms with E-state index in [1.165, 1.54) is 35.1 Å². The Balaban J connectivity index is 1.51. The monoisotopic (exact) mass is 446 g/mol. The van der Waals surface area contributed by atoms with E-state index in [-0.39, 0.29) is 10.8 Å². The van der Waals surface area contributed by atoms with Gasteiger partial charge in [-0.05, 0) is 53.4 Å². The molecule has 0 saturated heterocycles. The zero-order valence-electron chi connectivity index (χ0n) is 21.0. The molecule has 0 fully saturated rings. The second kappa shape index (κ2) is 10.9. The van der Waals surface area contributed by atoms with Gasteiger partial charge in [-0.3, -0.25) is 0 Å². The summed E-state index contributed by atoms with van der Waals surface area (Å²) in [6.07, 6.45) is 4.68. The van der Waals surface area contributed by atoms with Crippen LogP contribution >= 0.6 is 0 Å². The molecule has 0 amide bonds. The third-order valence-electron chi connectivity index (χ3n) is 7.64. The fraction of sp³-hybridized carbons (Fsp3) is 0.294. The van der Waals surface area contributed by atoms with Crippen LogP contribution in [0.15, 0.2) is 121 Å². The number of benzene rings is 4. The maximum atomic E-state index is 2.45. The molecule has 0 atom stereocenters. The van der Waals surface area contributed by atoms with Crippen LogP contribution in [-0.2, 0) is 5.41 Å². The molecule has 4 aromatic carbocycles. The fourth-order valence-electron chi connectivity index (χ4n) is 5.21. The van der Waals surface area contributed by atoms with Crippen LogP contribution in [0.2, 0.25) is 0 Å². The fourth-order valence-corrected chi connectivity index (χ4v) is 5.21. The number of hydrogen-bond acceptors (Lipinski definition) is 0. The second-order valence-corrected chi connectivity index (χ2v) is 10.6. The van der Waals surface area contributed by atoms with E-state index in [4.69, 9.17) is 0 Å². The molecule has 4 aromatic rings. The molecule has 0 aliphatic rings. The molecular formula is C34H38. The molecule has 0 aromatic heterocycles. The molecule has 0 nitrogen and oxygen atoms in total. The van der Waals surface area contributed by atoms with Crippen LogP contribution in [0.25, 0.3) is 0 Å². The van der Waals surface area contributed by atoms with Crippen molar-refractivity contribution in [2.45, 2.75) is 57.8 Å². The zero-order chi connectivity index (χ0) is 23.9. The van der Waals surface area contributed by atoms with Crippen LogP contribution in [0.3, 0.4) is 0 Å². The molecule has 34 heavy (non-hydrogen) atoms. The average Bonchev–Trinajstić information content (AvgIpc) is 2.90. The van der Waals surface area contributed by atoms with Gasteiger partial charge in [-0.15, -0.1) is 0 Å². The van der Waals surface area contributed by atoms with Crippen molar-refractivity contribution in [3.05, 3.63) is 144 Å². The van der Waals surface area contributed by atoms with Crippen molar-refractivity contribution in [1.29, 1.82) is 0 Å². The molecule has 0 N–H and O–H groups in total. The molecule has 0 bridgehead atoms. The molecule has 174 valence electrons. The molecule has 0 heteroatoms. The van der Waals surface area contributed by atoms with Crippen LogP contribution in [-0.4, -0.2) is 0 Å². The maximum Gasteiger partial charge on any atom is 0.0174 e. The average molecular weight is 447 g/mol. The molecule has 4 rings (SSSR count). The number of rotatable bonds is 10. The molecule has 0 unspecified atom stereocenters. The Morgan fingerprint density at radius 1 is 0.471 bits per heavy atom. The topological polar surface area (TPSA) is 0 Å². The minimum atomic E-state index is 0.0120. The van der Waals surface area contributed by atoms with Crippen LogP contribution in [0, 0.1) is 5.41 Å². The van der Waals surface area contributed by atoms with Crippen molar-refractivity contribution < 1.29 is 0 Å². The summed E-state index contributed by atoms with van der Waals surface area (Å²) in [7, 11) is 0. The maximum absolute atomic E-state index is 2.45. The third kappa shape index (κ3) is 5.86. The minimum absolute atomic E-state index is 0.0120. The molecular weight excluding hydrogens is 408 g/mol. The summed E-state index contributed by atoms with van der Waals surface area (Å²) in [5.41, 5.74) is 5.92. The van der Waals surface area contributed by atoms with Crippen LogP contribution in [0.4, 0.5) is 0 Å². The van der Waals surface area contributed by atoms with Crippen molar-refractivity contribution >= 4 is 0 Å². The highest BCUT2D eigenvalue weighted by Gasteiger charge is 2.32. The molecule has 0 aliphatic heterocycles. The van der Waals surface area contributed by atoms with Gasteiger partial charge in [-0.25, -0.2) is 0 Å². The lowest BCUT2D eigenvalue weighted by Crippen LogP contribution is -2.26. The van der Waals surface area contributed by atoms with E-state index in [2.05, 4.69) is 142 Å². The summed E-state index contributed by atoms with van der Waals surface area (Å²) in [5, 5.41) is 0. The molecule has 0 saturated carbocycles. The van der Waals surface area contributed by atoms with Crippen molar-refractivity contribution in [2.75, 3.05) is 0 Å². The van der Waals surface area contributed by atoms with Crippen LogP contribution in [0.5, 0.6) is 0 Å². The van der Waals surface area contributed by atoms with Crippen LogP contribution < -0.4 is 0 Å². The van der Waals surface area contributed by atoms with Gasteiger partial charge in [0, 0.05) is 11.3 Å². The van der Waals surface area contributed by atoms with E-state index >= 15 is 0 Å². The lowest BCUT2D eigenvalue weighted by Gasteiger charge is -2.36. The van der Waals surface area contributed by atoms with E-state index in [0.717, 1.165) is 12.8 Å². The normalized spacial score (nSPS) is 12.1. The van der Waals surface area contributed by atoms with Crippen LogP contribution in [0.1, 0.15) is 74.6 Å². The highest BCUT2D eigenvalue weighted by atomic mass is 14.4. The molecule has 0 spiro atoms. The Morgan fingerprint density at radius 2 is 0.853 bits per heavy atom. The first-order valence-corrected chi connectivity index (χ1v) is 12.7. The van der Waals surface area contributed by atoms with E-state index in [9.17, 15) is 0 Å². The summed E-state index contributed by atoms with van der Waals surface area (Å²) in [6.45, 7) is 7.33. The smallest absolute Gasteiger partial charge is 0.0174 e. The Hall–Kier alpha value is -3.12. The van der Waals surface area contributed by atoms with Gasteiger partial charge < -0.3 is 0 Å². The lowest BCUT2D eigenvalue weighted by atomic mass is 9.68. The first-order chi connectivity index (χ1) is 16.5. The largest absolute Gasteiger partial charge is 0.0622 e. The Kier molecular flexibility index (Phi) is 7.68. The highest BCUT2D eigenvalue weighted by Crippen LogP contribution is 2.42. The predicted molar refractivity (Wildman–Crippen MR) is 146 cm³/mol. The molecule has 0 radical (unpaired) electrons. The summed E-state index contributed by atoms with van der Waals surface area (Å²) in [4.78, 5) is 0. The van der Waals surface area contributed by atoms with E-state index < -0.39 is 0 Å². The van der Waals surface area contributed by atoms with E-state index in [1.807, 2.05) is 0 Å². The third-order valence-corrected chi connectivity index (χ3v) is 7.64.